The number of carbonyl (C=O) groups is 4. The van der Waals surface area contributed by atoms with Gasteiger partial charge in [0.25, 0.3) is 0 Å². The SMILES string of the molecule is C[C@H](NC(=O)CNC(=O)[C@@H](N)Cc1ccc(O)cc1)C(=O)N[C@@H](CCCCN)C(=O)O. The van der Waals surface area contributed by atoms with Crippen LogP contribution in [0.5, 0.6) is 5.75 Å². The first-order valence-electron chi connectivity index (χ1n) is 9.97. The molecular formula is C20H31N5O6. The molecule has 0 heterocycles. The third-order valence-electron chi connectivity index (χ3n) is 4.48. The first kappa shape index (κ1) is 25.9. The molecule has 0 saturated heterocycles. The summed E-state index contributed by atoms with van der Waals surface area (Å²) in [5.41, 5.74) is 11.9. The fourth-order valence-electron chi connectivity index (χ4n) is 2.68. The normalized spacial score (nSPS) is 13.5. The molecule has 11 nitrogen and oxygen atoms in total. The monoisotopic (exact) mass is 437 g/mol. The average Bonchev–Trinajstić information content (AvgIpc) is 2.72. The molecular weight excluding hydrogens is 406 g/mol. The van der Waals surface area contributed by atoms with Crippen LogP contribution in [-0.2, 0) is 25.6 Å². The number of unbranched alkanes of at least 4 members (excludes halogenated alkanes) is 1. The highest BCUT2D eigenvalue weighted by atomic mass is 16.4. The zero-order valence-corrected chi connectivity index (χ0v) is 17.5. The van der Waals surface area contributed by atoms with Crippen LogP contribution in [0.4, 0.5) is 0 Å². The van der Waals surface area contributed by atoms with Crippen LogP contribution in [-0.4, -0.2) is 65.1 Å². The van der Waals surface area contributed by atoms with E-state index >= 15 is 0 Å². The molecule has 31 heavy (non-hydrogen) atoms. The van der Waals surface area contributed by atoms with Gasteiger partial charge in [-0.2, -0.15) is 0 Å². The number of carbonyl (C=O) groups excluding carboxylic acids is 3. The maximum Gasteiger partial charge on any atom is 0.326 e. The fraction of sp³-hybridized carbons (Fsp3) is 0.500. The minimum atomic E-state index is -1.17. The first-order valence-corrected chi connectivity index (χ1v) is 9.97. The molecule has 0 aromatic heterocycles. The van der Waals surface area contributed by atoms with Gasteiger partial charge in [-0.1, -0.05) is 12.1 Å². The Morgan fingerprint density at radius 1 is 1.03 bits per heavy atom. The highest BCUT2D eigenvalue weighted by Crippen LogP contribution is 2.10. The Balaban J connectivity index is 2.42. The summed E-state index contributed by atoms with van der Waals surface area (Å²) < 4.78 is 0. The number of rotatable bonds is 13. The minimum Gasteiger partial charge on any atom is -0.508 e. The molecule has 1 aromatic rings. The van der Waals surface area contributed by atoms with E-state index in [2.05, 4.69) is 16.0 Å². The summed E-state index contributed by atoms with van der Waals surface area (Å²) in [4.78, 5) is 47.5. The van der Waals surface area contributed by atoms with E-state index < -0.39 is 48.4 Å². The van der Waals surface area contributed by atoms with Gasteiger partial charge in [0, 0.05) is 0 Å². The van der Waals surface area contributed by atoms with Crippen molar-refractivity contribution < 1.29 is 29.4 Å². The summed E-state index contributed by atoms with van der Waals surface area (Å²) in [5.74, 6) is -2.89. The lowest BCUT2D eigenvalue weighted by atomic mass is 10.1. The number of benzene rings is 1. The van der Waals surface area contributed by atoms with Crippen molar-refractivity contribution in [3.63, 3.8) is 0 Å². The number of aromatic hydroxyl groups is 1. The van der Waals surface area contributed by atoms with Crippen molar-refractivity contribution in [3.8, 4) is 5.75 Å². The Kier molecular flexibility index (Phi) is 11.0. The van der Waals surface area contributed by atoms with Crippen molar-refractivity contribution in [1.29, 1.82) is 0 Å². The number of phenols is 1. The number of carboxylic acids is 1. The van der Waals surface area contributed by atoms with Gasteiger partial charge in [0.1, 0.15) is 17.8 Å². The molecule has 11 heteroatoms. The molecule has 0 fully saturated rings. The Bertz CT molecular complexity index is 755. The lowest BCUT2D eigenvalue weighted by molar-refractivity contribution is -0.142. The summed E-state index contributed by atoms with van der Waals surface area (Å²) in [7, 11) is 0. The summed E-state index contributed by atoms with van der Waals surface area (Å²) >= 11 is 0. The molecule has 0 aliphatic heterocycles. The maximum absolute atomic E-state index is 12.2. The molecule has 9 N–H and O–H groups in total. The quantitative estimate of drug-likeness (QED) is 0.182. The van der Waals surface area contributed by atoms with Gasteiger partial charge in [0.05, 0.1) is 12.6 Å². The van der Waals surface area contributed by atoms with Crippen LogP contribution < -0.4 is 27.4 Å². The summed E-state index contributed by atoms with van der Waals surface area (Å²) in [6, 6.07) is 3.26. The second-order valence-electron chi connectivity index (χ2n) is 7.17. The van der Waals surface area contributed by atoms with Crippen LogP contribution in [0.3, 0.4) is 0 Å². The number of hydrogen-bond acceptors (Lipinski definition) is 7. The molecule has 0 unspecified atom stereocenters. The smallest absolute Gasteiger partial charge is 0.326 e. The van der Waals surface area contributed by atoms with Gasteiger partial charge >= 0.3 is 5.97 Å². The highest BCUT2D eigenvalue weighted by Gasteiger charge is 2.24. The van der Waals surface area contributed by atoms with Crippen LogP contribution in [0.25, 0.3) is 0 Å². The summed E-state index contributed by atoms with van der Waals surface area (Å²) in [6.07, 6.45) is 1.63. The molecule has 0 spiro atoms. The molecule has 0 radical (unpaired) electrons. The molecule has 172 valence electrons. The van der Waals surface area contributed by atoms with Gasteiger partial charge in [-0.3, -0.25) is 14.4 Å². The lowest BCUT2D eigenvalue weighted by Crippen LogP contribution is -2.52. The maximum atomic E-state index is 12.2. The van der Waals surface area contributed by atoms with E-state index in [9.17, 15) is 29.4 Å². The number of nitrogens with one attached hydrogen (secondary N) is 3. The molecule has 0 aliphatic rings. The molecule has 0 bridgehead atoms. The number of hydrogen-bond donors (Lipinski definition) is 7. The summed E-state index contributed by atoms with van der Waals surface area (Å²) in [5, 5.41) is 25.6. The number of carboxylic acid groups (broad SMARTS) is 1. The van der Waals surface area contributed by atoms with Gasteiger partial charge in [-0.15, -0.1) is 0 Å². The molecule has 3 atom stereocenters. The lowest BCUT2D eigenvalue weighted by Gasteiger charge is -2.19. The average molecular weight is 437 g/mol. The Morgan fingerprint density at radius 3 is 2.26 bits per heavy atom. The second kappa shape index (κ2) is 13.2. The van der Waals surface area contributed by atoms with Crippen molar-refractivity contribution >= 4 is 23.7 Å². The fourth-order valence-corrected chi connectivity index (χ4v) is 2.68. The molecule has 1 rings (SSSR count). The van der Waals surface area contributed by atoms with Crippen LogP contribution in [0.2, 0.25) is 0 Å². The van der Waals surface area contributed by atoms with Gasteiger partial charge in [-0.05, 0) is 56.8 Å². The number of amides is 3. The second-order valence-corrected chi connectivity index (χ2v) is 7.17. The zero-order valence-electron chi connectivity index (χ0n) is 17.5. The number of aliphatic carboxylic acids is 1. The van der Waals surface area contributed by atoms with Crippen LogP contribution >= 0.6 is 0 Å². The topological polar surface area (TPSA) is 197 Å². The molecule has 3 amide bonds. The van der Waals surface area contributed by atoms with Gasteiger partial charge in [0.15, 0.2) is 0 Å². The van der Waals surface area contributed by atoms with Crippen molar-refractivity contribution in [2.75, 3.05) is 13.1 Å². The van der Waals surface area contributed by atoms with Crippen molar-refractivity contribution in [2.45, 2.75) is 50.7 Å². The molecule has 0 saturated carbocycles. The van der Waals surface area contributed by atoms with E-state index in [4.69, 9.17) is 11.5 Å². The highest BCUT2D eigenvalue weighted by molar-refractivity contribution is 5.92. The Hall–Kier alpha value is -3.18. The third kappa shape index (κ3) is 9.92. The van der Waals surface area contributed by atoms with Crippen molar-refractivity contribution in [3.05, 3.63) is 29.8 Å². The Labute approximate surface area is 180 Å². The van der Waals surface area contributed by atoms with E-state index in [1.165, 1.54) is 19.1 Å². The zero-order chi connectivity index (χ0) is 23.4. The van der Waals surface area contributed by atoms with Gasteiger partial charge in [-0.25, -0.2) is 4.79 Å². The standard InChI is InChI=1S/C20H31N5O6/c1-12(18(28)25-16(20(30)31)4-2-3-9-21)24-17(27)11-23-19(29)15(22)10-13-5-7-14(26)8-6-13/h5-8,12,15-16,26H,2-4,9-11,21-22H2,1H3,(H,23,29)(H,24,27)(H,25,28)(H,30,31)/t12-,15-,16-/m0/s1. The van der Waals surface area contributed by atoms with Gasteiger partial charge in [0.2, 0.25) is 17.7 Å². The van der Waals surface area contributed by atoms with E-state index in [-0.39, 0.29) is 18.6 Å². The predicted octanol–water partition coefficient (Wildman–Crippen LogP) is -1.42. The van der Waals surface area contributed by atoms with Crippen LogP contribution in [0, 0.1) is 0 Å². The van der Waals surface area contributed by atoms with Crippen molar-refractivity contribution in [1.82, 2.24) is 16.0 Å². The van der Waals surface area contributed by atoms with Gasteiger partial charge < -0.3 is 37.6 Å². The summed E-state index contributed by atoms with van der Waals surface area (Å²) in [6.45, 7) is 1.44. The Morgan fingerprint density at radius 2 is 1.68 bits per heavy atom. The number of nitrogens with two attached hydrogens (primary N) is 2. The predicted molar refractivity (Wildman–Crippen MR) is 113 cm³/mol. The van der Waals surface area contributed by atoms with Crippen LogP contribution in [0.1, 0.15) is 31.7 Å². The van der Waals surface area contributed by atoms with E-state index in [0.717, 1.165) is 5.56 Å². The van der Waals surface area contributed by atoms with E-state index in [1.807, 2.05) is 0 Å². The number of phenolic OH excluding ortho intramolecular Hbond substituents is 1. The van der Waals surface area contributed by atoms with Crippen molar-refractivity contribution in [2.24, 2.45) is 11.5 Å². The minimum absolute atomic E-state index is 0.0989. The third-order valence-corrected chi connectivity index (χ3v) is 4.48. The molecule has 1 aromatic carbocycles. The van der Waals surface area contributed by atoms with E-state index in [0.29, 0.717) is 19.4 Å². The molecule has 0 aliphatic carbocycles. The largest absolute Gasteiger partial charge is 0.508 e. The van der Waals surface area contributed by atoms with Crippen LogP contribution in [0.15, 0.2) is 24.3 Å². The first-order chi connectivity index (χ1) is 14.6. The van der Waals surface area contributed by atoms with E-state index in [1.54, 1.807) is 12.1 Å².